The lowest BCUT2D eigenvalue weighted by atomic mass is 11.1. The van der Waals surface area contributed by atoms with E-state index in [4.69, 9.17) is 24.1 Å². The normalized spacial score (nSPS) is 9.00. The Hall–Kier alpha value is -1.21. The van der Waals surface area contributed by atoms with Crippen molar-refractivity contribution >= 4 is 6.02 Å². The first-order valence-electron chi connectivity index (χ1n) is 3.42. The second-order valence-corrected chi connectivity index (χ2v) is 1.73. The van der Waals surface area contributed by atoms with Crippen molar-refractivity contribution in [2.75, 3.05) is 35.5 Å². The first-order valence-corrected chi connectivity index (χ1v) is 3.42. The maximum Gasteiger partial charge on any atom is 0.592 e. The molecule has 7 heteroatoms. The molecule has 0 saturated heterocycles. The van der Waals surface area contributed by atoms with Crippen molar-refractivity contribution in [3.05, 3.63) is 0 Å². The minimum absolute atomic E-state index is 0.106. The summed E-state index contributed by atoms with van der Waals surface area (Å²) in [5.41, 5.74) is 0. The summed E-state index contributed by atoms with van der Waals surface area (Å²) in [5, 5.41) is 0.979. The van der Waals surface area contributed by atoms with Crippen molar-refractivity contribution in [3.8, 4) is 0 Å². The molecule has 0 atom stereocenters. The fraction of sp³-hybridized carbons (Fsp3) is 0.833. The third kappa shape index (κ3) is 2.96. The minimum Gasteiger partial charge on any atom is -0.425 e. The summed E-state index contributed by atoms with van der Waals surface area (Å²) >= 11 is 0. The van der Waals surface area contributed by atoms with E-state index in [0.29, 0.717) is 0 Å². The molecular formula is C6H15N2O5+. The van der Waals surface area contributed by atoms with Gasteiger partial charge in [0.15, 0.2) is 4.90 Å². The molecular weight excluding hydrogens is 180 g/mol. The molecule has 0 saturated carbocycles. The number of nitrogens with zero attached hydrogens (tertiary/aromatic N) is 2. The topological polar surface area (TPSA) is 52.4 Å². The molecule has 0 aliphatic rings. The van der Waals surface area contributed by atoms with Crippen LogP contribution in [-0.2, 0) is 24.1 Å². The van der Waals surface area contributed by atoms with Crippen LogP contribution in [-0.4, -0.2) is 51.7 Å². The zero-order valence-electron chi connectivity index (χ0n) is 8.44. The van der Waals surface area contributed by atoms with Crippen LogP contribution >= 0.6 is 0 Å². The molecule has 0 spiro atoms. The van der Waals surface area contributed by atoms with Crippen LogP contribution < -0.4 is 0 Å². The third-order valence-corrected chi connectivity index (χ3v) is 1.16. The lowest BCUT2D eigenvalue weighted by molar-refractivity contribution is -0.965. The third-order valence-electron chi connectivity index (χ3n) is 1.16. The van der Waals surface area contributed by atoms with E-state index in [-0.39, 0.29) is 6.02 Å². The lowest BCUT2D eigenvalue weighted by Gasteiger charge is -2.09. The smallest absolute Gasteiger partial charge is 0.425 e. The number of methoxy groups -OCH3 is 1. The maximum absolute atomic E-state index is 4.91. The Morgan fingerprint density at radius 2 is 1.38 bits per heavy atom. The molecule has 0 aliphatic heterocycles. The highest BCUT2D eigenvalue weighted by atomic mass is 17.0. The van der Waals surface area contributed by atoms with E-state index in [1.54, 1.807) is 0 Å². The Morgan fingerprint density at radius 1 is 0.923 bits per heavy atom. The molecule has 0 aromatic carbocycles. The summed E-state index contributed by atoms with van der Waals surface area (Å²) < 4.78 is 4.91. The Morgan fingerprint density at radius 3 is 1.62 bits per heavy atom. The highest BCUT2D eigenvalue weighted by molar-refractivity contribution is 5.65. The summed E-state index contributed by atoms with van der Waals surface area (Å²) in [5.74, 6) is 0. The van der Waals surface area contributed by atoms with Gasteiger partial charge >= 0.3 is 6.02 Å². The van der Waals surface area contributed by atoms with Crippen molar-refractivity contribution in [1.82, 2.24) is 5.23 Å². The summed E-state index contributed by atoms with van der Waals surface area (Å²) in [6.45, 7) is 0. The highest BCUT2D eigenvalue weighted by Gasteiger charge is 2.30. The Kier molecular flexibility index (Phi) is 5.73. The largest absolute Gasteiger partial charge is 0.592 e. The molecule has 0 amide bonds. The molecule has 0 N–H and O–H groups in total. The number of amidine groups is 1. The van der Waals surface area contributed by atoms with E-state index >= 15 is 0 Å². The van der Waals surface area contributed by atoms with Crippen LogP contribution in [0.5, 0.6) is 0 Å². The van der Waals surface area contributed by atoms with Crippen LogP contribution in [0.1, 0.15) is 0 Å². The van der Waals surface area contributed by atoms with Gasteiger partial charge in [0.25, 0.3) is 0 Å². The van der Waals surface area contributed by atoms with Gasteiger partial charge in [-0.1, -0.05) is 0 Å². The average Bonchev–Trinajstić information content (AvgIpc) is 2.18. The molecule has 7 nitrogen and oxygen atoms in total. The number of hydrogen-bond acceptors (Lipinski definition) is 5. The van der Waals surface area contributed by atoms with Gasteiger partial charge in [0.2, 0.25) is 0 Å². The maximum atomic E-state index is 4.91. The highest BCUT2D eigenvalue weighted by Crippen LogP contribution is 1.94. The predicted octanol–water partition coefficient (Wildman–Crippen LogP) is -0.451. The van der Waals surface area contributed by atoms with E-state index in [2.05, 4.69) is 0 Å². The van der Waals surface area contributed by atoms with Gasteiger partial charge in [0.05, 0.1) is 26.6 Å². The molecule has 0 aliphatic carbocycles. The second kappa shape index (κ2) is 6.32. The van der Waals surface area contributed by atoms with Gasteiger partial charge in [-0.25, -0.2) is 0 Å². The van der Waals surface area contributed by atoms with Crippen molar-refractivity contribution in [2.45, 2.75) is 0 Å². The van der Waals surface area contributed by atoms with Crippen molar-refractivity contribution in [2.24, 2.45) is 0 Å². The van der Waals surface area contributed by atoms with Gasteiger partial charge in [0.1, 0.15) is 14.2 Å². The van der Waals surface area contributed by atoms with Gasteiger partial charge in [-0.2, -0.15) is 9.68 Å². The number of ether oxygens (including phenoxy) is 1. The fourth-order valence-electron chi connectivity index (χ4n) is 0.677. The Bertz CT molecular complexity index is 162. The van der Waals surface area contributed by atoms with Crippen LogP contribution in [0.25, 0.3) is 0 Å². The van der Waals surface area contributed by atoms with E-state index in [9.17, 15) is 0 Å². The van der Waals surface area contributed by atoms with Crippen LogP contribution in [0, 0.1) is 0 Å². The summed E-state index contributed by atoms with van der Waals surface area (Å²) in [6.07, 6.45) is 0. The van der Waals surface area contributed by atoms with Crippen LogP contribution in [0.2, 0.25) is 0 Å². The molecule has 0 radical (unpaired) electrons. The molecule has 0 fully saturated rings. The van der Waals surface area contributed by atoms with Crippen LogP contribution in [0.3, 0.4) is 0 Å². The zero-order valence-corrected chi connectivity index (χ0v) is 8.44. The van der Waals surface area contributed by atoms with Gasteiger partial charge in [-0.3, -0.25) is 0 Å². The second-order valence-electron chi connectivity index (χ2n) is 1.73. The number of rotatable bonds is 4. The van der Waals surface area contributed by atoms with E-state index < -0.39 is 0 Å². The van der Waals surface area contributed by atoms with Gasteiger partial charge in [0, 0.05) is 0 Å². The minimum atomic E-state index is 0.106. The Balaban J connectivity index is 4.69. The number of hydrogen-bond donors (Lipinski definition) is 0. The van der Waals surface area contributed by atoms with E-state index in [1.165, 1.54) is 35.5 Å². The van der Waals surface area contributed by atoms with Crippen molar-refractivity contribution in [3.63, 3.8) is 0 Å². The quantitative estimate of drug-likeness (QED) is 0.344. The zero-order chi connectivity index (χ0) is 10.3. The summed E-state index contributed by atoms with van der Waals surface area (Å²) in [6, 6.07) is 0.106. The first-order chi connectivity index (χ1) is 6.24. The molecule has 0 aromatic rings. The molecule has 0 rings (SSSR count). The Labute approximate surface area is 76.8 Å². The summed E-state index contributed by atoms with van der Waals surface area (Å²) in [7, 11) is 7.06. The predicted molar refractivity (Wildman–Crippen MR) is 42.2 cm³/mol. The average molecular weight is 195 g/mol. The molecule has 13 heavy (non-hydrogen) atoms. The van der Waals surface area contributed by atoms with Crippen LogP contribution in [0.15, 0.2) is 0 Å². The van der Waals surface area contributed by atoms with Gasteiger partial charge in [-0.05, 0) is 0 Å². The molecule has 78 valence electrons. The SMILES string of the molecule is COC(N(OC)OC)=[N+](OC)OC. The molecule has 0 bridgehead atoms. The lowest BCUT2D eigenvalue weighted by Crippen LogP contribution is -2.37. The van der Waals surface area contributed by atoms with Gasteiger partial charge in [-0.15, -0.1) is 0 Å². The van der Waals surface area contributed by atoms with E-state index in [1.807, 2.05) is 0 Å². The monoisotopic (exact) mass is 195 g/mol. The van der Waals surface area contributed by atoms with Crippen molar-refractivity contribution in [1.29, 1.82) is 0 Å². The fourth-order valence-corrected chi connectivity index (χ4v) is 0.677. The van der Waals surface area contributed by atoms with E-state index in [0.717, 1.165) is 10.1 Å². The molecule has 0 aromatic heterocycles. The molecule has 0 unspecified atom stereocenters. The molecule has 0 heterocycles. The summed E-state index contributed by atoms with van der Waals surface area (Å²) in [4.78, 5) is 20.1. The van der Waals surface area contributed by atoms with Crippen LogP contribution in [0.4, 0.5) is 0 Å². The first kappa shape index (κ1) is 11.8. The standard InChI is InChI=1S/C6H15N2O5/c1-9-6(7(10-2)11-3)8(12-4)13-5/h1-5H3/q+1. The number of hydroxylamine groups is 2. The van der Waals surface area contributed by atoms with Crippen molar-refractivity contribution < 1.29 is 29.0 Å². The van der Waals surface area contributed by atoms with Gasteiger partial charge < -0.3 is 14.4 Å².